The van der Waals surface area contributed by atoms with E-state index in [2.05, 4.69) is 10.4 Å². The van der Waals surface area contributed by atoms with Crippen molar-refractivity contribution in [3.8, 4) is 5.75 Å². The number of rotatable bonds is 4. The molecule has 0 fully saturated rings. The van der Waals surface area contributed by atoms with E-state index < -0.39 is 23.6 Å². The number of benzene rings is 2. The number of carbonyl (C=O) groups is 2. The Bertz CT molecular complexity index is 1140. The molecule has 1 aliphatic rings. The van der Waals surface area contributed by atoms with Gasteiger partial charge < -0.3 is 15.0 Å². The van der Waals surface area contributed by atoms with E-state index in [1.807, 2.05) is 0 Å². The van der Waals surface area contributed by atoms with Gasteiger partial charge in [0.25, 0.3) is 11.8 Å². The van der Waals surface area contributed by atoms with Gasteiger partial charge in [0.15, 0.2) is 0 Å². The van der Waals surface area contributed by atoms with Gasteiger partial charge in [0.05, 0.1) is 12.2 Å². The molecule has 0 saturated carbocycles. The minimum Gasteiger partial charge on any atom is -0.489 e. The molecular formula is C22H20F2N4O3. The Morgan fingerprint density at radius 1 is 1.19 bits per heavy atom. The first-order chi connectivity index (χ1) is 14.8. The summed E-state index contributed by atoms with van der Waals surface area (Å²) in [6.07, 6.45) is 0. The van der Waals surface area contributed by atoms with Gasteiger partial charge in [-0.25, -0.2) is 8.78 Å². The number of hydrogen-bond donors (Lipinski definition) is 1. The molecular weight excluding hydrogens is 406 g/mol. The van der Waals surface area contributed by atoms with Gasteiger partial charge in [-0.15, -0.1) is 0 Å². The van der Waals surface area contributed by atoms with Gasteiger partial charge in [-0.1, -0.05) is 12.1 Å². The van der Waals surface area contributed by atoms with E-state index in [0.29, 0.717) is 22.7 Å². The van der Waals surface area contributed by atoms with Crippen molar-refractivity contribution >= 4 is 17.5 Å². The van der Waals surface area contributed by atoms with Crippen LogP contribution >= 0.6 is 0 Å². The van der Waals surface area contributed by atoms with Crippen LogP contribution in [0.2, 0.25) is 0 Å². The minimum atomic E-state index is -0.896. The molecule has 0 saturated heterocycles. The molecule has 1 aromatic heterocycles. The molecule has 2 amide bonds. The first-order valence-electron chi connectivity index (χ1n) is 9.61. The third-order valence-electron chi connectivity index (χ3n) is 5.03. The zero-order valence-electron chi connectivity index (χ0n) is 16.9. The molecule has 1 atom stereocenters. The van der Waals surface area contributed by atoms with E-state index in [0.717, 1.165) is 6.07 Å². The Morgan fingerprint density at radius 3 is 2.65 bits per heavy atom. The highest BCUT2D eigenvalue weighted by atomic mass is 19.1. The summed E-state index contributed by atoms with van der Waals surface area (Å²) in [5.74, 6) is -1.68. The van der Waals surface area contributed by atoms with E-state index >= 15 is 0 Å². The zero-order chi connectivity index (χ0) is 22.1. The molecule has 0 spiro atoms. The first kappa shape index (κ1) is 20.5. The summed E-state index contributed by atoms with van der Waals surface area (Å²) < 4.78 is 34.1. The number of likely N-dealkylation sites (N-methyl/N-ethyl adjacent to an activating group) is 1. The number of ether oxygens (including phenoxy) is 1. The number of para-hydroxylation sites is 2. The third-order valence-corrected chi connectivity index (χ3v) is 5.03. The summed E-state index contributed by atoms with van der Waals surface area (Å²) in [5, 5.41) is 6.89. The predicted molar refractivity (Wildman–Crippen MR) is 109 cm³/mol. The lowest BCUT2D eigenvalue weighted by molar-refractivity contribution is -0.120. The fraction of sp³-hybridized carbons (Fsp3) is 0.227. The van der Waals surface area contributed by atoms with Crippen molar-refractivity contribution in [1.29, 1.82) is 0 Å². The van der Waals surface area contributed by atoms with Crippen molar-refractivity contribution in [2.45, 2.75) is 19.5 Å². The normalized spacial score (nSPS) is 15.8. The number of halogens is 2. The SMILES string of the molecule is Cc1cc(C(=O)NC2COc3ccccc3N(C)C2=O)nn1Cc1cc(F)cc(F)c1. The molecule has 0 radical (unpaired) electrons. The summed E-state index contributed by atoms with van der Waals surface area (Å²) in [5.41, 5.74) is 1.71. The summed E-state index contributed by atoms with van der Waals surface area (Å²) in [6.45, 7) is 1.80. The summed E-state index contributed by atoms with van der Waals surface area (Å²) >= 11 is 0. The Labute approximate surface area is 177 Å². The summed E-state index contributed by atoms with van der Waals surface area (Å²) in [4.78, 5) is 27.0. The number of aryl methyl sites for hydroxylation is 1. The maximum absolute atomic E-state index is 13.4. The quantitative estimate of drug-likeness (QED) is 0.696. The lowest BCUT2D eigenvalue weighted by Crippen LogP contribution is -2.49. The van der Waals surface area contributed by atoms with Gasteiger partial charge in [0.2, 0.25) is 0 Å². The van der Waals surface area contributed by atoms with Gasteiger partial charge in [-0.2, -0.15) is 5.10 Å². The molecule has 1 N–H and O–H groups in total. The second-order valence-corrected chi connectivity index (χ2v) is 7.31. The van der Waals surface area contributed by atoms with Crippen molar-refractivity contribution < 1.29 is 23.1 Å². The van der Waals surface area contributed by atoms with Crippen LogP contribution in [0, 0.1) is 18.6 Å². The summed E-state index contributed by atoms with van der Waals surface area (Å²) in [6, 6.07) is 11.0. The second-order valence-electron chi connectivity index (χ2n) is 7.31. The summed E-state index contributed by atoms with van der Waals surface area (Å²) in [7, 11) is 1.62. The number of anilines is 1. The average Bonchev–Trinajstić information content (AvgIpc) is 3.04. The number of nitrogens with one attached hydrogen (secondary N) is 1. The number of carbonyl (C=O) groups excluding carboxylic acids is 2. The van der Waals surface area contributed by atoms with Gasteiger partial charge in [0.1, 0.15) is 35.7 Å². The Hall–Kier alpha value is -3.75. The Kier molecular flexibility index (Phi) is 5.41. The molecule has 7 nitrogen and oxygen atoms in total. The average molecular weight is 426 g/mol. The maximum Gasteiger partial charge on any atom is 0.272 e. The number of fused-ring (bicyclic) bond motifs is 1. The van der Waals surface area contributed by atoms with E-state index in [4.69, 9.17) is 4.74 Å². The van der Waals surface area contributed by atoms with Crippen LogP contribution in [0.5, 0.6) is 5.75 Å². The molecule has 2 heterocycles. The number of amides is 2. The van der Waals surface area contributed by atoms with E-state index in [1.165, 1.54) is 21.7 Å². The minimum absolute atomic E-state index is 0.0197. The first-order valence-corrected chi connectivity index (χ1v) is 9.61. The van der Waals surface area contributed by atoms with Crippen LogP contribution in [0.1, 0.15) is 21.7 Å². The topological polar surface area (TPSA) is 76.5 Å². The highest BCUT2D eigenvalue weighted by molar-refractivity contribution is 6.02. The number of nitrogens with zero attached hydrogens (tertiary/aromatic N) is 3. The molecule has 2 aromatic carbocycles. The van der Waals surface area contributed by atoms with Crippen molar-refractivity contribution in [2.24, 2.45) is 0 Å². The molecule has 160 valence electrons. The monoisotopic (exact) mass is 426 g/mol. The highest BCUT2D eigenvalue weighted by Gasteiger charge is 2.31. The van der Waals surface area contributed by atoms with Crippen LogP contribution < -0.4 is 15.0 Å². The molecule has 1 aliphatic heterocycles. The Balaban J connectivity index is 1.49. The van der Waals surface area contributed by atoms with Crippen LogP contribution in [-0.4, -0.2) is 41.3 Å². The fourth-order valence-corrected chi connectivity index (χ4v) is 3.45. The number of aromatic nitrogens is 2. The van der Waals surface area contributed by atoms with Gasteiger partial charge in [0, 0.05) is 18.8 Å². The second kappa shape index (κ2) is 8.17. The fourth-order valence-electron chi connectivity index (χ4n) is 3.45. The van der Waals surface area contributed by atoms with Gasteiger partial charge in [-0.3, -0.25) is 14.3 Å². The van der Waals surface area contributed by atoms with Crippen LogP contribution in [0.15, 0.2) is 48.5 Å². The molecule has 31 heavy (non-hydrogen) atoms. The molecule has 4 rings (SSSR count). The smallest absolute Gasteiger partial charge is 0.272 e. The highest BCUT2D eigenvalue weighted by Crippen LogP contribution is 2.29. The standard InChI is InChI=1S/C22H20F2N4O3/c1-13-7-17(26-28(13)11-14-8-15(23)10-16(24)9-14)21(29)25-18-12-31-20-6-4-3-5-19(20)27(2)22(18)30/h3-10,18H,11-12H2,1-2H3,(H,25,29). The Morgan fingerprint density at radius 2 is 1.90 bits per heavy atom. The van der Waals surface area contributed by atoms with E-state index in [1.54, 1.807) is 44.3 Å². The van der Waals surface area contributed by atoms with E-state index in [-0.39, 0.29) is 24.8 Å². The van der Waals surface area contributed by atoms with Crippen LogP contribution in [0.25, 0.3) is 0 Å². The van der Waals surface area contributed by atoms with Crippen LogP contribution in [-0.2, 0) is 11.3 Å². The van der Waals surface area contributed by atoms with Crippen LogP contribution in [0.3, 0.4) is 0 Å². The van der Waals surface area contributed by atoms with E-state index in [9.17, 15) is 18.4 Å². The third kappa shape index (κ3) is 4.25. The van der Waals surface area contributed by atoms with Crippen molar-refractivity contribution in [2.75, 3.05) is 18.6 Å². The lowest BCUT2D eigenvalue weighted by atomic mass is 10.2. The molecule has 0 bridgehead atoms. The molecule has 9 heteroatoms. The van der Waals surface area contributed by atoms with Gasteiger partial charge in [-0.05, 0) is 42.8 Å². The molecule has 0 aliphatic carbocycles. The van der Waals surface area contributed by atoms with Crippen molar-refractivity contribution in [3.05, 3.63) is 77.1 Å². The maximum atomic E-state index is 13.4. The van der Waals surface area contributed by atoms with Crippen molar-refractivity contribution in [3.63, 3.8) is 0 Å². The largest absolute Gasteiger partial charge is 0.489 e. The van der Waals surface area contributed by atoms with Crippen molar-refractivity contribution in [1.82, 2.24) is 15.1 Å². The van der Waals surface area contributed by atoms with Gasteiger partial charge >= 0.3 is 0 Å². The molecule has 1 unspecified atom stereocenters. The predicted octanol–water partition coefficient (Wildman–Crippen LogP) is 2.67. The van der Waals surface area contributed by atoms with Crippen LogP contribution in [0.4, 0.5) is 14.5 Å². The molecule has 3 aromatic rings. The number of hydrogen-bond acceptors (Lipinski definition) is 4. The lowest BCUT2D eigenvalue weighted by Gasteiger charge is -2.20. The zero-order valence-corrected chi connectivity index (χ0v) is 16.9.